The molecule has 0 bridgehead atoms. The lowest BCUT2D eigenvalue weighted by Gasteiger charge is -2.35. The first-order valence-electron chi connectivity index (χ1n) is 10.8. The molecule has 1 aliphatic rings. The van der Waals surface area contributed by atoms with Crippen molar-refractivity contribution in [3.05, 3.63) is 35.9 Å². The largest absolute Gasteiger partial charge is 0.379 e. The topological polar surface area (TPSA) is 70.7 Å². The fraction of sp³-hybridized carbons (Fsp3) is 0.652. The Morgan fingerprint density at radius 1 is 1.03 bits per heavy atom. The highest BCUT2D eigenvalue weighted by atomic mass is 16.5. The smallest absolute Gasteiger partial charge is 0.247 e. The molecule has 0 aromatic heterocycles. The summed E-state index contributed by atoms with van der Waals surface area (Å²) in [5, 5.41) is 6.03. The number of hydrogen-bond acceptors (Lipinski definition) is 4. The van der Waals surface area contributed by atoms with Gasteiger partial charge in [-0.15, -0.1) is 0 Å². The Bertz CT molecular complexity index is 628. The summed E-state index contributed by atoms with van der Waals surface area (Å²) in [6.45, 7) is 12.2. The molecule has 0 spiro atoms. The Kier molecular flexibility index (Phi) is 9.61. The van der Waals surface area contributed by atoms with Gasteiger partial charge in [-0.2, -0.15) is 0 Å². The normalized spacial score (nSPS) is 17.2. The second-order valence-electron chi connectivity index (χ2n) is 8.69. The molecular weight excluding hydrogens is 366 g/mol. The van der Waals surface area contributed by atoms with Crippen LogP contribution in [0.1, 0.15) is 52.1 Å². The number of hydrogen-bond donors (Lipinski definition) is 2. The minimum atomic E-state index is -0.674. The van der Waals surface area contributed by atoms with Crippen LogP contribution in [0, 0.1) is 11.8 Å². The molecule has 0 saturated carbocycles. The van der Waals surface area contributed by atoms with Gasteiger partial charge in [-0.3, -0.25) is 14.5 Å². The van der Waals surface area contributed by atoms with Gasteiger partial charge in [0.15, 0.2) is 0 Å². The molecule has 1 fully saturated rings. The molecule has 1 heterocycles. The number of benzene rings is 1. The second-order valence-corrected chi connectivity index (χ2v) is 8.69. The van der Waals surface area contributed by atoms with Gasteiger partial charge in [0, 0.05) is 32.1 Å². The highest BCUT2D eigenvalue weighted by Crippen LogP contribution is 2.16. The highest BCUT2D eigenvalue weighted by molar-refractivity contribution is 5.88. The third kappa shape index (κ3) is 8.15. The van der Waals surface area contributed by atoms with Crippen LogP contribution in [0.25, 0.3) is 0 Å². The number of ether oxygens (including phenoxy) is 1. The van der Waals surface area contributed by atoms with Crippen molar-refractivity contribution in [3.8, 4) is 0 Å². The first-order chi connectivity index (χ1) is 13.9. The van der Waals surface area contributed by atoms with Gasteiger partial charge in [0.1, 0.15) is 6.04 Å². The van der Waals surface area contributed by atoms with Crippen molar-refractivity contribution in [3.63, 3.8) is 0 Å². The van der Waals surface area contributed by atoms with E-state index in [1.165, 1.54) is 0 Å². The predicted molar refractivity (Wildman–Crippen MR) is 115 cm³/mol. The van der Waals surface area contributed by atoms with Gasteiger partial charge in [-0.05, 0) is 23.8 Å². The number of rotatable bonds is 10. The standard InChI is InChI=1S/C23H37N3O3/c1-17(2)14-20(26-10-12-29-13-11-26)16-24-23(28)22(19-8-6-5-7-9-19)25-21(27)15-18(3)4/h5-9,17-18,20,22H,10-16H2,1-4H3,(H,24,28)(H,25,27). The molecule has 0 aliphatic carbocycles. The summed E-state index contributed by atoms with van der Waals surface area (Å²) in [7, 11) is 0. The summed E-state index contributed by atoms with van der Waals surface area (Å²) < 4.78 is 5.48. The Morgan fingerprint density at radius 3 is 2.28 bits per heavy atom. The number of carbonyl (C=O) groups is 2. The Hall–Kier alpha value is -1.92. The zero-order chi connectivity index (χ0) is 21.2. The molecule has 6 heteroatoms. The van der Waals surface area contributed by atoms with Crippen molar-refractivity contribution in [1.82, 2.24) is 15.5 Å². The molecule has 1 saturated heterocycles. The molecular formula is C23H37N3O3. The van der Waals surface area contributed by atoms with E-state index in [2.05, 4.69) is 29.4 Å². The molecule has 2 amide bonds. The maximum absolute atomic E-state index is 13.1. The van der Waals surface area contributed by atoms with Crippen molar-refractivity contribution in [2.75, 3.05) is 32.8 Å². The van der Waals surface area contributed by atoms with Crippen LogP contribution in [0.3, 0.4) is 0 Å². The number of morpholine rings is 1. The van der Waals surface area contributed by atoms with Crippen molar-refractivity contribution in [1.29, 1.82) is 0 Å². The van der Waals surface area contributed by atoms with Gasteiger partial charge in [-0.1, -0.05) is 58.0 Å². The van der Waals surface area contributed by atoms with E-state index >= 15 is 0 Å². The lowest BCUT2D eigenvalue weighted by Crippen LogP contribution is -2.51. The van der Waals surface area contributed by atoms with Crippen molar-refractivity contribution < 1.29 is 14.3 Å². The van der Waals surface area contributed by atoms with Crippen LogP contribution in [0.15, 0.2) is 30.3 Å². The average molecular weight is 404 g/mol. The lowest BCUT2D eigenvalue weighted by molar-refractivity contribution is -0.129. The summed E-state index contributed by atoms with van der Waals surface area (Å²) >= 11 is 0. The van der Waals surface area contributed by atoms with Crippen LogP contribution in [0.4, 0.5) is 0 Å². The summed E-state index contributed by atoms with van der Waals surface area (Å²) in [6.07, 6.45) is 1.41. The molecule has 0 radical (unpaired) electrons. The molecule has 2 N–H and O–H groups in total. The van der Waals surface area contributed by atoms with Gasteiger partial charge in [-0.25, -0.2) is 0 Å². The maximum Gasteiger partial charge on any atom is 0.247 e. The van der Waals surface area contributed by atoms with Gasteiger partial charge < -0.3 is 15.4 Å². The van der Waals surface area contributed by atoms with E-state index in [-0.39, 0.29) is 23.8 Å². The van der Waals surface area contributed by atoms with Crippen LogP contribution in [-0.4, -0.2) is 55.6 Å². The maximum atomic E-state index is 13.1. The fourth-order valence-corrected chi connectivity index (χ4v) is 3.71. The minimum absolute atomic E-state index is 0.101. The van der Waals surface area contributed by atoms with E-state index < -0.39 is 6.04 Å². The molecule has 2 unspecified atom stereocenters. The lowest BCUT2D eigenvalue weighted by atomic mass is 10.0. The average Bonchev–Trinajstić information content (AvgIpc) is 2.69. The van der Waals surface area contributed by atoms with E-state index in [1.807, 2.05) is 44.2 Å². The van der Waals surface area contributed by atoms with Crippen LogP contribution >= 0.6 is 0 Å². The van der Waals surface area contributed by atoms with Crippen LogP contribution in [-0.2, 0) is 14.3 Å². The fourth-order valence-electron chi connectivity index (χ4n) is 3.71. The number of nitrogens with zero attached hydrogens (tertiary/aromatic N) is 1. The number of carbonyl (C=O) groups excluding carboxylic acids is 2. The van der Waals surface area contributed by atoms with Crippen molar-refractivity contribution in [2.45, 2.75) is 52.6 Å². The summed E-state index contributed by atoms with van der Waals surface area (Å²) in [6, 6.07) is 9.04. The molecule has 29 heavy (non-hydrogen) atoms. The summed E-state index contributed by atoms with van der Waals surface area (Å²) in [5.41, 5.74) is 0.800. The van der Waals surface area contributed by atoms with E-state index in [9.17, 15) is 9.59 Å². The van der Waals surface area contributed by atoms with Crippen molar-refractivity contribution >= 4 is 11.8 Å². The third-order valence-electron chi connectivity index (χ3n) is 5.11. The van der Waals surface area contributed by atoms with Gasteiger partial charge in [0.2, 0.25) is 11.8 Å². The van der Waals surface area contributed by atoms with E-state index in [1.54, 1.807) is 0 Å². The number of nitrogens with one attached hydrogen (secondary N) is 2. The zero-order valence-corrected chi connectivity index (χ0v) is 18.3. The first kappa shape index (κ1) is 23.4. The highest BCUT2D eigenvalue weighted by Gasteiger charge is 2.26. The van der Waals surface area contributed by atoms with Crippen LogP contribution in [0.2, 0.25) is 0 Å². The van der Waals surface area contributed by atoms with Crippen LogP contribution in [0.5, 0.6) is 0 Å². The van der Waals surface area contributed by atoms with Crippen LogP contribution < -0.4 is 10.6 Å². The third-order valence-corrected chi connectivity index (χ3v) is 5.11. The SMILES string of the molecule is CC(C)CC(=O)NC(C(=O)NCC(CC(C)C)N1CCOCC1)c1ccccc1. The first-order valence-corrected chi connectivity index (χ1v) is 10.8. The van der Waals surface area contributed by atoms with E-state index in [0.717, 1.165) is 38.3 Å². The minimum Gasteiger partial charge on any atom is -0.379 e. The predicted octanol–water partition coefficient (Wildman–Crippen LogP) is 2.75. The Balaban J connectivity index is 2.05. The molecule has 2 rings (SSSR count). The molecule has 6 nitrogen and oxygen atoms in total. The Labute approximate surface area is 175 Å². The molecule has 2 atom stereocenters. The number of amides is 2. The van der Waals surface area contributed by atoms with E-state index in [4.69, 9.17) is 4.74 Å². The summed E-state index contributed by atoms with van der Waals surface area (Å²) in [5.74, 6) is 0.521. The quantitative estimate of drug-likeness (QED) is 0.630. The van der Waals surface area contributed by atoms with Crippen molar-refractivity contribution in [2.24, 2.45) is 11.8 Å². The molecule has 1 aromatic carbocycles. The van der Waals surface area contributed by atoms with Gasteiger partial charge in [0.05, 0.1) is 13.2 Å². The zero-order valence-electron chi connectivity index (χ0n) is 18.3. The molecule has 1 aliphatic heterocycles. The molecule has 162 valence electrons. The van der Waals surface area contributed by atoms with Gasteiger partial charge >= 0.3 is 0 Å². The van der Waals surface area contributed by atoms with Gasteiger partial charge in [0.25, 0.3) is 0 Å². The summed E-state index contributed by atoms with van der Waals surface area (Å²) in [4.78, 5) is 27.8. The Morgan fingerprint density at radius 2 is 1.69 bits per heavy atom. The monoisotopic (exact) mass is 403 g/mol. The second kappa shape index (κ2) is 11.9. The molecule has 1 aromatic rings. The van der Waals surface area contributed by atoms with E-state index in [0.29, 0.717) is 18.9 Å².